The van der Waals surface area contributed by atoms with E-state index >= 15 is 0 Å². The van der Waals surface area contributed by atoms with Gasteiger partial charge in [-0.1, -0.05) is 0 Å². The Kier molecular flexibility index (Phi) is 1.41. The second kappa shape index (κ2) is 2.31. The molecule has 0 aromatic carbocycles. The van der Waals surface area contributed by atoms with E-state index in [4.69, 9.17) is 4.74 Å². The van der Waals surface area contributed by atoms with Gasteiger partial charge in [-0.25, -0.2) is 0 Å². The van der Waals surface area contributed by atoms with E-state index in [1.807, 2.05) is 0 Å². The number of carbonyl (C=O) groups is 1. The first-order valence-corrected chi connectivity index (χ1v) is 3.59. The highest BCUT2D eigenvalue weighted by molar-refractivity contribution is 5.98. The predicted molar refractivity (Wildman–Crippen MR) is 40.4 cm³/mol. The van der Waals surface area contributed by atoms with Gasteiger partial charge in [0.15, 0.2) is 6.23 Å². The third kappa shape index (κ3) is 0.831. The van der Waals surface area contributed by atoms with Gasteiger partial charge in [0, 0.05) is 20.4 Å². The Morgan fingerprint density at radius 1 is 1.75 bits per heavy atom. The van der Waals surface area contributed by atoms with Gasteiger partial charge >= 0.3 is 0 Å². The van der Waals surface area contributed by atoms with E-state index < -0.39 is 0 Å². The zero-order valence-corrected chi connectivity index (χ0v) is 6.87. The molecule has 5 heteroatoms. The number of carbonyl (C=O) groups excluding carboxylic acids is 1. The molecule has 0 bridgehead atoms. The van der Waals surface area contributed by atoms with Crippen LogP contribution in [0.3, 0.4) is 0 Å². The van der Waals surface area contributed by atoms with Crippen LogP contribution in [0.15, 0.2) is 6.20 Å². The molecule has 1 aromatic heterocycles. The van der Waals surface area contributed by atoms with Crippen molar-refractivity contribution in [2.45, 2.75) is 6.23 Å². The average molecular weight is 167 g/mol. The van der Waals surface area contributed by atoms with Crippen LogP contribution in [0.2, 0.25) is 0 Å². The molecule has 1 atom stereocenters. The van der Waals surface area contributed by atoms with Crippen LogP contribution in [0, 0.1) is 0 Å². The summed E-state index contributed by atoms with van der Waals surface area (Å²) in [4.78, 5) is 11.2. The number of hydrogen-bond acceptors (Lipinski definition) is 3. The van der Waals surface area contributed by atoms with Crippen LogP contribution < -0.4 is 5.32 Å². The lowest BCUT2D eigenvalue weighted by Gasteiger charge is -2.06. The van der Waals surface area contributed by atoms with Gasteiger partial charge in [0.25, 0.3) is 5.91 Å². The summed E-state index contributed by atoms with van der Waals surface area (Å²) in [6.07, 6.45) is 1.30. The number of aromatic nitrogens is 2. The predicted octanol–water partition coefficient (Wildman–Crippen LogP) is -0.192. The molecule has 0 radical (unpaired) electrons. The van der Waals surface area contributed by atoms with Crippen LogP contribution in [-0.4, -0.2) is 22.8 Å². The molecule has 64 valence electrons. The van der Waals surface area contributed by atoms with Gasteiger partial charge in [0.1, 0.15) is 5.69 Å². The fourth-order valence-electron chi connectivity index (χ4n) is 1.31. The van der Waals surface area contributed by atoms with E-state index in [0.29, 0.717) is 11.3 Å². The number of nitrogens with one attached hydrogen (secondary N) is 1. The second-order valence-corrected chi connectivity index (χ2v) is 2.69. The maximum absolute atomic E-state index is 11.2. The molecule has 1 aliphatic heterocycles. The minimum atomic E-state index is -0.381. The summed E-state index contributed by atoms with van der Waals surface area (Å²) in [6, 6.07) is 0. The van der Waals surface area contributed by atoms with Gasteiger partial charge in [-0.05, 0) is 0 Å². The summed E-state index contributed by atoms with van der Waals surface area (Å²) in [5.41, 5.74) is 1.27. The van der Waals surface area contributed by atoms with Gasteiger partial charge in [-0.15, -0.1) is 0 Å². The first-order valence-electron chi connectivity index (χ1n) is 3.59. The molecule has 12 heavy (non-hydrogen) atoms. The molecule has 0 saturated heterocycles. The number of nitrogens with zero attached hydrogens (tertiary/aromatic N) is 2. The Hall–Kier alpha value is -1.36. The molecule has 1 amide bonds. The number of amides is 1. The van der Waals surface area contributed by atoms with Gasteiger partial charge in [-0.3, -0.25) is 9.48 Å². The Balaban J connectivity index is 2.48. The van der Waals surface area contributed by atoms with Crippen molar-refractivity contribution in [2.75, 3.05) is 7.11 Å². The van der Waals surface area contributed by atoms with Crippen LogP contribution in [0.4, 0.5) is 0 Å². The van der Waals surface area contributed by atoms with Crippen molar-refractivity contribution in [3.05, 3.63) is 17.5 Å². The number of fused-ring (bicyclic) bond motifs is 1. The van der Waals surface area contributed by atoms with Crippen LogP contribution >= 0.6 is 0 Å². The molecular formula is C7H9N3O2. The zero-order valence-electron chi connectivity index (χ0n) is 6.87. The minimum absolute atomic E-state index is 0.120. The lowest BCUT2D eigenvalue weighted by atomic mass is 10.3. The summed E-state index contributed by atoms with van der Waals surface area (Å²) in [5, 5.41) is 6.74. The molecule has 0 aliphatic carbocycles. The van der Waals surface area contributed by atoms with Crippen molar-refractivity contribution < 1.29 is 9.53 Å². The Morgan fingerprint density at radius 3 is 3.17 bits per heavy atom. The minimum Gasteiger partial charge on any atom is -0.356 e. The van der Waals surface area contributed by atoms with Crippen molar-refractivity contribution >= 4 is 5.91 Å². The molecule has 1 aromatic rings. The summed E-state index contributed by atoms with van der Waals surface area (Å²) < 4.78 is 6.62. The number of rotatable bonds is 1. The third-order valence-electron chi connectivity index (χ3n) is 1.85. The first-order chi connectivity index (χ1) is 5.72. The lowest BCUT2D eigenvalue weighted by molar-refractivity contribution is 0.0643. The lowest BCUT2D eigenvalue weighted by Crippen LogP contribution is -2.21. The maximum Gasteiger partial charge on any atom is 0.257 e. The SMILES string of the molecule is COC1NC(=O)c2cn(C)nc21. The van der Waals surface area contributed by atoms with Crippen LogP contribution in [-0.2, 0) is 11.8 Å². The van der Waals surface area contributed by atoms with Crippen LogP contribution in [0.25, 0.3) is 0 Å². The molecule has 2 rings (SSSR count). The third-order valence-corrected chi connectivity index (χ3v) is 1.85. The van der Waals surface area contributed by atoms with Crippen molar-refractivity contribution in [3.63, 3.8) is 0 Å². The van der Waals surface area contributed by atoms with Crippen LogP contribution in [0.5, 0.6) is 0 Å². The second-order valence-electron chi connectivity index (χ2n) is 2.69. The summed E-state index contributed by atoms with van der Waals surface area (Å²) in [6.45, 7) is 0. The molecule has 5 nitrogen and oxygen atoms in total. The topological polar surface area (TPSA) is 56.1 Å². The van der Waals surface area contributed by atoms with E-state index in [1.54, 1.807) is 17.9 Å². The van der Waals surface area contributed by atoms with Gasteiger partial charge in [0.05, 0.1) is 5.56 Å². The van der Waals surface area contributed by atoms with Gasteiger partial charge < -0.3 is 10.1 Å². The highest BCUT2D eigenvalue weighted by Crippen LogP contribution is 2.23. The van der Waals surface area contributed by atoms with E-state index in [0.717, 1.165) is 0 Å². The summed E-state index contributed by atoms with van der Waals surface area (Å²) >= 11 is 0. The molecular weight excluding hydrogens is 158 g/mol. The molecule has 1 N–H and O–H groups in total. The normalized spacial score (nSPS) is 20.8. The molecule has 0 fully saturated rings. The molecule has 1 aliphatic rings. The Bertz CT molecular complexity index is 331. The van der Waals surface area contributed by atoms with E-state index in [-0.39, 0.29) is 12.1 Å². The monoisotopic (exact) mass is 167 g/mol. The molecule has 2 heterocycles. The van der Waals surface area contributed by atoms with Gasteiger partial charge in [0.2, 0.25) is 0 Å². The summed E-state index contributed by atoms with van der Waals surface area (Å²) in [7, 11) is 3.31. The largest absolute Gasteiger partial charge is 0.356 e. The molecule has 0 spiro atoms. The number of methoxy groups -OCH3 is 1. The quantitative estimate of drug-likeness (QED) is 0.630. The average Bonchev–Trinajstić information content (AvgIpc) is 2.52. The summed E-state index contributed by atoms with van der Waals surface area (Å²) in [5.74, 6) is -0.120. The molecule has 1 unspecified atom stereocenters. The highest BCUT2D eigenvalue weighted by atomic mass is 16.5. The van der Waals surface area contributed by atoms with Crippen molar-refractivity contribution in [1.82, 2.24) is 15.1 Å². The van der Waals surface area contributed by atoms with Crippen LogP contribution in [0.1, 0.15) is 22.3 Å². The van der Waals surface area contributed by atoms with E-state index in [9.17, 15) is 4.79 Å². The number of ether oxygens (including phenoxy) is 1. The highest BCUT2D eigenvalue weighted by Gasteiger charge is 2.31. The fourth-order valence-corrected chi connectivity index (χ4v) is 1.31. The maximum atomic E-state index is 11.2. The molecule has 0 saturated carbocycles. The fraction of sp³-hybridized carbons (Fsp3) is 0.429. The van der Waals surface area contributed by atoms with Crippen molar-refractivity contribution in [1.29, 1.82) is 0 Å². The smallest absolute Gasteiger partial charge is 0.257 e. The zero-order chi connectivity index (χ0) is 8.72. The Labute approximate surface area is 69.3 Å². The number of hydrogen-bond donors (Lipinski definition) is 1. The number of aryl methyl sites for hydroxylation is 1. The van der Waals surface area contributed by atoms with Crippen molar-refractivity contribution in [2.24, 2.45) is 7.05 Å². The van der Waals surface area contributed by atoms with E-state index in [1.165, 1.54) is 7.11 Å². The standard InChI is InChI=1S/C7H9N3O2/c1-10-3-4-5(9-10)7(12-2)8-6(4)11/h3,7H,1-2H3,(H,8,11). The van der Waals surface area contributed by atoms with E-state index in [2.05, 4.69) is 10.4 Å². The first kappa shape index (κ1) is 7.30. The van der Waals surface area contributed by atoms with Crippen molar-refractivity contribution in [3.8, 4) is 0 Å². The van der Waals surface area contributed by atoms with Gasteiger partial charge in [-0.2, -0.15) is 5.10 Å². The Morgan fingerprint density at radius 2 is 2.50 bits per heavy atom.